The number of carbonyl (C=O) groups is 1. The Kier molecular flexibility index (Phi) is 4.70. The Hall–Kier alpha value is -0.960. The van der Waals surface area contributed by atoms with Crippen LogP contribution in [0.25, 0.3) is 0 Å². The van der Waals surface area contributed by atoms with Gasteiger partial charge in [-0.25, -0.2) is 4.79 Å². The standard InChI is InChI=1S/C15H20O2S/c1-11-4-2-7-14(8-11)18-10-12-5-3-6-13(9-12)15(16)17/h3,5-6,9,11,14H,2,4,7-8,10H2,1H3,(H,16,17). The number of hydrogen-bond acceptors (Lipinski definition) is 2. The molecule has 2 nitrogen and oxygen atoms in total. The molecule has 1 fully saturated rings. The van der Waals surface area contributed by atoms with Gasteiger partial charge in [-0.15, -0.1) is 0 Å². The van der Waals surface area contributed by atoms with E-state index in [4.69, 9.17) is 5.11 Å². The van der Waals surface area contributed by atoms with E-state index in [2.05, 4.69) is 6.92 Å². The SMILES string of the molecule is CC1CCCC(SCc2cccc(C(=O)O)c2)C1. The van der Waals surface area contributed by atoms with E-state index in [1.54, 1.807) is 12.1 Å². The summed E-state index contributed by atoms with van der Waals surface area (Å²) in [5.41, 5.74) is 1.52. The van der Waals surface area contributed by atoms with Gasteiger partial charge < -0.3 is 5.11 Å². The van der Waals surface area contributed by atoms with Crippen LogP contribution in [0.5, 0.6) is 0 Å². The predicted octanol–water partition coefficient (Wildman–Crippen LogP) is 4.20. The maximum absolute atomic E-state index is 10.9. The maximum Gasteiger partial charge on any atom is 0.335 e. The molecule has 2 unspecified atom stereocenters. The number of thioether (sulfide) groups is 1. The summed E-state index contributed by atoms with van der Waals surface area (Å²) in [5.74, 6) is 0.938. The fourth-order valence-corrected chi connectivity index (χ4v) is 3.94. The second-order valence-electron chi connectivity index (χ2n) is 5.21. The minimum Gasteiger partial charge on any atom is -0.478 e. The molecule has 1 aliphatic rings. The summed E-state index contributed by atoms with van der Waals surface area (Å²) < 4.78 is 0. The van der Waals surface area contributed by atoms with Gasteiger partial charge in [0.15, 0.2) is 0 Å². The van der Waals surface area contributed by atoms with Crippen LogP contribution in [0, 0.1) is 5.92 Å². The number of carboxylic acids is 1. The summed E-state index contributed by atoms with van der Waals surface area (Å²) in [6.45, 7) is 2.33. The van der Waals surface area contributed by atoms with Crippen LogP contribution in [0.3, 0.4) is 0 Å². The third-order valence-corrected chi connectivity index (χ3v) is 4.95. The first-order valence-corrected chi connectivity index (χ1v) is 7.64. The van der Waals surface area contributed by atoms with Crippen LogP contribution in [0.15, 0.2) is 24.3 Å². The molecule has 0 saturated heterocycles. The predicted molar refractivity (Wildman–Crippen MR) is 76.1 cm³/mol. The van der Waals surface area contributed by atoms with Gasteiger partial charge in [0.25, 0.3) is 0 Å². The molecule has 2 rings (SSSR count). The van der Waals surface area contributed by atoms with Crippen molar-refractivity contribution in [2.45, 2.75) is 43.6 Å². The molecular weight excluding hydrogens is 244 g/mol. The molecule has 1 saturated carbocycles. The van der Waals surface area contributed by atoms with E-state index in [9.17, 15) is 4.79 Å². The number of rotatable bonds is 4. The van der Waals surface area contributed by atoms with E-state index in [0.717, 1.165) is 22.5 Å². The molecule has 1 aromatic rings. The third kappa shape index (κ3) is 3.77. The molecule has 98 valence electrons. The van der Waals surface area contributed by atoms with Crippen LogP contribution in [0.2, 0.25) is 0 Å². The highest BCUT2D eigenvalue weighted by Gasteiger charge is 2.19. The fraction of sp³-hybridized carbons (Fsp3) is 0.533. The van der Waals surface area contributed by atoms with Crippen molar-refractivity contribution in [2.75, 3.05) is 0 Å². The number of aromatic carboxylic acids is 1. The molecular formula is C15H20O2S. The van der Waals surface area contributed by atoms with Gasteiger partial charge in [0.05, 0.1) is 5.56 Å². The first-order chi connectivity index (χ1) is 8.65. The van der Waals surface area contributed by atoms with Crippen LogP contribution in [-0.4, -0.2) is 16.3 Å². The van der Waals surface area contributed by atoms with Gasteiger partial charge >= 0.3 is 5.97 Å². The number of carboxylic acid groups (broad SMARTS) is 1. The van der Waals surface area contributed by atoms with Crippen molar-refractivity contribution in [3.63, 3.8) is 0 Å². The highest BCUT2D eigenvalue weighted by molar-refractivity contribution is 7.99. The van der Waals surface area contributed by atoms with Crippen molar-refractivity contribution >= 4 is 17.7 Å². The zero-order chi connectivity index (χ0) is 13.0. The van der Waals surface area contributed by atoms with Crippen LogP contribution in [0.4, 0.5) is 0 Å². The summed E-state index contributed by atoms with van der Waals surface area (Å²) in [4.78, 5) is 10.9. The van der Waals surface area contributed by atoms with Gasteiger partial charge in [-0.3, -0.25) is 0 Å². The lowest BCUT2D eigenvalue weighted by Crippen LogP contribution is -2.15. The van der Waals surface area contributed by atoms with Crippen molar-refractivity contribution in [3.8, 4) is 0 Å². The molecule has 3 heteroatoms. The summed E-state index contributed by atoms with van der Waals surface area (Å²) in [5, 5.41) is 9.71. The Morgan fingerprint density at radius 2 is 2.28 bits per heavy atom. The lowest BCUT2D eigenvalue weighted by molar-refractivity contribution is 0.0697. The average Bonchev–Trinajstić information content (AvgIpc) is 2.37. The van der Waals surface area contributed by atoms with E-state index in [1.807, 2.05) is 23.9 Å². The zero-order valence-electron chi connectivity index (χ0n) is 10.8. The smallest absolute Gasteiger partial charge is 0.335 e. The van der Waals surface area contributed by atoms with Crippen LogP contribution in [-0.2, 0) is 5.75 Å². The molecule has 1 aliphatic carbocycles. The summed E-state index contributed by atoms with van der Waals surface area (Å²) in [7, 11) is 0. The second-order valence-corrected chi connectivity index (χ2v) is 6.50. The topological polar surface area (TPSA) is 37.3 Å². The Balaban J connectivity index is 1.89. The Labute approximate surface area is 113 Å². The molecule has 18 heavy (non-hydrogen) atoms. The first kappa shape index (κ1) is 13.5. The van der Waals surface area contributed by atoms with Crippen LogP contribution >= 0.6 is 11.8 Å². The first-order valence-electron chi connectivity index (χ1n) is 6.59. The highest BCUT2D eigenvalue weighted by atomic mass is 32.2. The van der Waals surface area contributed by atoms with Gasteiger partial charge in [0.2, 0.25) is 0 Å². The third-order valence-electron chi connectivity index (χ3n) is 3.55. The van der Waals surface area contributed by atoms with Crippen molar-refractivity contribution in [3.05, 3.63) is 35.4 Å². The van der Waals surface area contributed by atoms with Crippen molar-refractivity contribution in [2.24, 2.45) is 5.92 Å². The van der Waals surface area contributed by atoms with Crippen molar-refractivity contribution < 1.29 is 9.90 Å². The lowest BCUT2D eigenvalue weighted by atomic mass is 9.91. The molecule has 0 radical (unpaired) electrons. The zero-order valence-corrected chi connectivity index (χ0v) is 11.6. The lowest BCUT2D eigenvalue weighted by Gasteiger charge is -2.26. The van der Waals surface area contributed by atoms with E-state index in [1.165, 1.54) is 25.7 Å². The largest absolute Gasteiger partial charge is 0.478 e. The number of hydrogen-bond donors (Lipinski definition) is 1. The molecule has 0 heterocycles. The van der Waals surface area contributed by atoms with E-state index in [-0.39, 0.29) is 0 Å². The maximum atomic E-state index is 10.9. The average molecular weight is 264 g/mol. The van der Waals surface area contributed by atoms with E-state index < -0.39 is 5.97 Å². The summed E-state index contributed by atoms with van der Waals surface area (Å²) >= 11 is 1.98. The Morgan fingerprint density at radius 3 is 3.00 bits per heavy atom. The molecule has 0 spiro atoms. The van der Waals surface area contributed by atoms with Gasteiger partial charge in [0.1, 0.15) is 0 Å². The highest BCUT2D eigenvalue weighted by Crippen LogP contribution is 2.33. The van der Waals surface area contributed by atoms with Gasteiger partial charge in [-0.05, 0) is 36.5 Å². The van der Waals surface area contributed by atoms with Crippen LogP contribution < -0.4 is 0 Å². The van der Waals surface area contributed by atoms with Gasteiger partial charge in [-0.1, -0.05) is 31.9 Å². The monoisotopic (exact) mass is 264 g/mol. The van der Waals surface area contributed by atoms with Crippen LogP contribution in [0.1, 0.15) is 48.5 Å². The second kappa shape index (κ2) is 6.28. The van der Waals surface area contributed by atoms with E-state index >= 15 is 0 Å². The minimum atomic E-state index is -0.840. The molecule has 0 aromatic heterocycles. The van der Waals surface area contributed by atoms with Crippen molar-refractivity contribution in [1.82, 2.24) is 0 Å². The van der Waals surface area contributed by atoms with Gasteiger partial charge in [0, 0.05) is 11.0 Å². The normalized spacial score (nSPS) is 23.8. The molecule has 0 amide bonds. The molecule has 0 bridgehead atoms. The Bertz CT molecular complexity index is 417. The quantitative estimate of drug-likeness (QED) is 0.885. The minimum absolute atomic E-state index is 0.394. The molecule has 0 aliphatic heterocycles. The summed E-state index contributed by atoms with van der Waals surface area (Å²) in [6.07, 6.45) is 5.33. The van der Waals surface area contributed by atoms with Crippen molar-refractivity contribution in [1.29, 1.82) is 0 Å². The number of benzene rings is 1. The fourth-order valence-electron chi connectivity index (χ4n) is 2.54. The molecule has 2 atom stereocenters. The van der Waals surface area contributed by atoms with Gasteiger partial charge in [-0.2, -0.15) is 11.8 Å². The molecule has 1 aromatic carbocycles. The summed E-state index contributed by atoms with van der Waals surface area (Å²) in [6, 6.07) is 7.30. The molecule has 1 N–H and O–H groups in total. The Morgan fingerprint density at radius 1 is 1.44 bits per heavy atom. The van der Waals surface area contributed by atoms with E-state index in [0.29, 0.717) is 5.56 Å².